The van der Waals surface area contributed by atoms with E-state index in [1.807, 2.05) is 30.5 Å². The van der Waals surface area contributed by atoms with Gasteiger partial charge in [-0.15, -0.1) is 0 Å². The maximum absolute atomic E-state index is 4.51. The van der Waals surface area contributed by atoms with Crippen LogP contribution in [0.5, 0.6) is 0 Å². The van der Waals surface area contributed by atoms with Gasteiger partial charge in [0.15, 0.2) is 5.17 Å². The standard InChI is InChI=1S/C12H20N4S/c1-11-8-15-12(17-9-11)14-4-2-3-6-16-7-5-13-10-16/h5,7,10-11H,2-4,6,8-9H2,1H3,(H,14,15). The Hall–Kier alpha value is -0.970. The van der Waals surface area contributed by atoms with Crippen LogP contribution in [0.15, 0.2) is 23.7 Å². The maximum Gasteiger partial charge on any atom is 0.156 e. The van der Waals surface area contributed by atoms with Crippen molar-refractivity contribution in [2.24, 2.45) is 10.9 Å². The number of aliphatic imine (C=N–C) groups is 1. The average molecular weight is 252 g/mol. The van der Waals surface area contributed by atoms with E-state index in [1.54, 1.807) is 0 Å². The Balaban J connectivity index is 1.54. The van der Waals surface area contributed by atoms with E-state index >= 15 is 0 Å². The van der Waals surface area contributed by atoms with Gasteiger partial charge in [0.1, 0.15) is 0 Å². The van der Waals surface area contributed by atoms with E-state index in [9.17, 15) is 0 Å². The van der Waals surface area contributed by atoms with Gasteiger partial charge >= 0.3 is 0 Å². The van der Waals surface area contributed by atoms with Crippen molar-refractivity contribution in [1.82, 2.24) is 14.9 Å². The zero-order chi connectivity index (χ0) is 11.9. The molecule has 1 unspecified atom stereocenters. The molecule has 2 heterocycles. The smallest absolute Gasteiger partial charge is 0.156 e. The number of hydrogen-bond donors (Lipinski definition) is 1. The summed E-state index contributed by atoms with van der Waals surface area (Å²) in [4.78, 5) is 8.54. The third-order valence-electron chi connectivity index (χ3n) is 2.73. The summed E-state index contributed by atoms with van der Waals surface area (Å²) in [5.41, 5.74) is 0. The van der Waals surface area contributed by atoms with Gasteiger partial charge in [-0.3, -0.25) is 4.99 Å². The number of thioether (sulfide) groups is 1. The van der Waals surface area contributed by atoms with Crippen LogP contribution >= 0.6 is 11.8 Å². The normalized spacial score (nSPS) is 20.1. The van der Waals surface area contributed by atoms with Gasteiger partial charge in [-0.1, -0.05) is 18.7 Å². The van der Waals surface area contributed by atoms with Crippen LogP contribution < -0.4 is 5.32 Å². The summed E-state index contributed by atoms with van der Waals surface area (Å²) in [5, 5.41) is 4.54. The van der Waals surface area contributed by atoms with E-state index in [1.165, 1.54) is 18.6 Å². The number of aryl methyl sites for hydroxylation is 1. The molecule has 0 fully saturated rings. The van der Waals surface area contributed by atoms with E-state index in [2.05, 4.69) is 26.8 Å². The van der Waals surface area contributed by atoms with Gasteiger partial charge in [0.2, 0.25) is 0 Å². The topological polar surface area (TPSA) is 42.2 Å². The summed E-state index contributed by atoms with van der Waals surface area (Å²) in [7, 11) is 0. The van der Waals surface area contributed by atoms with Crippen molar-refractivity contribution in [3.8, 4) is 0 Å². The minimum atomic E-state index is 0.729. The van der Waals surface area contributed by atoms with Gasteiger partial charge in [0.25, 0.3) is 0 Å². The Morgan fingerprint density at radius 1 is 1.53 bits per heavy atom. The molecule has 1 aliphatic rings. The number of unbranched alkanes of at least 4 members (excludes halogenated alkanes) is 1. The molecule has 5 heteroatoms. The molecule has 0 amide bonds. The molecule has 2 rings (SSSR count). The Labute approximate surface area is 107 Å². The Kier molecular flexibility index (Phi) is 4.91. The molecule has 1 N–H and O–H groups in total. The predicted octanol–water partition coefficient (Wildman–Crippen LogP) is 1.99. The minimum Gasteiger partial charge on any atom is -0.365 e. The summed E-state index contributed by atoms with van der Waals surface area (Å²) in [5.74, 6) is 1.92. The lowest BCUT2D eigenvalue weighted by Crippen LogP contribution is -2.27. The van der Waals surface area contributed by atoms with Crippen molar-refractivity contribution in [1.29, 1.82) is 0 Å². The summed E-state index contributed by atoms with van der Waals surface area (Å²) >= 11 is 1.85. The van der Waals surface area contributed by atoms with Crippen LogP contribution in [-0.4, -0.2) is 33.6 Å². The van der Waals surface area contributed by atoms with Crippen molar-refractivity contribution in [3.05, 3.63) is 18.7 Å². The lowest BCUT2D eigenvalue weighted by atomic mass is 10.2. The number of nitrogens with zero attached hydrogens (tertiary/aromatic N) is 3. The fourth-order valence-electron chi connectivity index (χ4n) is 1.70. The molecule has 0 spiro atoms. The van der Waals surface area contributed by atoms with E-state index in [4.69, 9.17) is 0 Å². The predicted molar refractivity (Wildman–Crippen MR) is 73.4 cm³/mol. The molecule has 0 aliphatic carbocycles. The quantitative estimate of drug-likeness (QED) is 0.815. The molecule has 0 bridgehead atoms. The fraction of sp³-hybridized carbons (Fsp3) is 0.667. The highest BCUT2D eigenvalue weighted by Gasteiger charge is 2.10. The molecule has 1 aromatic heterocycles. The number of aromatic nitrogens is 2. The molecule has 1 aliphatic heterocycles. The van der Waals surface area contributed by atoms with E-state index in [-0.39, 0.29) is 0 Å². The Bertz CT molecular complexity index is 347. The van der Waals surface area contributed by atoms with E-state index in [0.29, 0.717) is 0 Å². The first-order valence-electron chi connectivity index (χ1n) is 6.21. The highest BCUT2D eigenvalue weighted by atomic mass is 32.2. The van der Waals surface area contributed by atoms with Gasteiger partial charge in [0, 0.05) is 37.8 Å². The molecule has 0 radical (unpaired) electrons. The molecule has 1 atom stereocenters. The maximum atomic E-state index is 4.51. The van der Waals surface area contributed by atoms with Crippen LogP contribution in [0.3, 0.4) is 0 Å². The number of hydrogen-bond acceptors (Lipinski definition) is 4. The number of imidazole rings is 1. The highest BCUT2D eigenvalue weighted by molar-refractivity contribution is 8.13. The van der Waals surface area contributed by atoms with Crippen LogP contribution in [0.25, 0.3) is 0 Å². The van der Waals surface area contributed by atoms with Crippen LogP contribution in [0.1, 0.15) is 19.8 Å². The first kappa shape index (κ1) is 12.5. The lowest BCUT2D eigenvalue weighted by molar-refractivity contribution is 0.601. The highest BCUT2D eigenvalue weighted by Crippen LogP contribution is 2.15. The molecule has 17 heavy (non-hydrogen) atoms. The van der Waals surface area contributed by atoms with Crippen molar-refractivity contribution in [2.45, 2.75) is 26.3 Å². The number of amidine groups is 1. The summed E-state index contributed by atoms with van der Waals surface area (Å²) in [6, 6.07) is 0. The first-order valence-corrected chi connectivity index (χ1v) is 7.20. The van der Waals surface area contributed by atoms with Crippen LogP contribution in [0, 0.1) is 5.92 Å². The van der Waals surface area contributed by atoms with Crippen molar-refractivity contribution < 1.29 is 0 Å². The van der Waals surface area contributed by atoms with Crippen LogP contribution in [0.2, 0.25) is 0 Å². The van der Waals surface area contributed by atoms with Gasteiger partial charge in [-0.2, -0.15) is 0 Å². The Morgan fingerprint density at radius 3 is 3.18 bits per heavy atom. The summed E-state index contributed by atoms with van der Waals surface area (Å²) in [6.07, 6.45) is 8.06. The second kappa shape index (κ2) is 6.69. The average Bonchev–Trinajstić information content (AvgIpc) is 2.84. The van der Waals surface area contributed by atoms with Gasteiger partial charge < -0.3 is 9.88 Å². The van der Waals surface area contributed by atoms with Crippen molar-refractivity contribution in [2.75, 3.05) is 18.8 Å². The molecule has 4 nitrogen and oxygen atoms in total. The third-order valence-corrected chi connectivity index (χ3v) is 4.01. The molecule has 0 saturated heterocycles. The molecular weight excluding hydrogens is 232 g/mol. The largest absolute Gasteiger partial charge is 0.365 e. The van der Waals surface area contributed by atoms with Gasteiger partial charge in [-0.05, 0) is 18.8 Å². The SMILES string of the molecule is CC1CN=C(NCCCCn2ccnc2)SC1. The number of rotatable bonds is 5. The molecule has 0 aromatic carbocycles. The second-order valence-corrected chi connectivity index (χ2v) is 5.51. The van der Waals surface area contributed by atoms with E-state index < -0.39 is 0 Å². The number of nitrogens with one attached hydrogen (secondary N) is 1. The van der Waals surface area contributed by atoms with Crippen molar-refractivity contribution >= 4 is 16.9 Å². The monoisotopic (exact) mass is 252 g/mol. The van der Waals surface area contributed by atoms with Crippen LogP contribution in [0.4, 0.5) is 0 Å². The molecular formula is C12H20N4S. The molecule has 1 aromatic rings. The zero-order valence-electron chi connectivity index (χ0n) is 10.3. The molecule has 0 saturated carbocycles. The fourth-order valence-corrected chi connectivity index (χ4v) is 2.62. The third kappa shape index (κ3) is 4.42. The van der Waals surface area contributed by atoms with E-state index in [0.717, 1.165) is 30.7 Å². The lowest BCUT2D eigenvalue weighted by Gasteiger charge is -2.17. The summed E-state index contributed by atoms with van der Waals surface area (Å²) < 4.78 is 2.12. The van der Waals surface area contributed by atoms with Crippen molar-refractivity contribution in [3.63, 3.8) is 0 Å². The van der Waals surface area contributed by atoms with Crippen LogP contribution in [-0.2, 0) is 6.54 Å². The van der Waals surface area contributed by atoms with Gasteiger partial charge in [-0.25, -0.2) is 4.98 Å². The van der Waals surface area contributed by atoms with Gasteiger partial charge in [0.05, 0.1) is 6.33 Å². The first-order chi connectivity index (χ1) is 8.34. The minimum absolute atomic E-state index is 0.729. The molecule has 94 valence electrons. The zero-order valence-corrected chi connectivity index (χ0v) is 11.1. The Morgan fingerprint density at radius 2 is 2.47 bits per heavy atom. The summed E-state index contributed by atoms with van der Waals surface area (Å²) in [6.45, 7) is 5.30. The second-order valence-electron chi connectivity index (χ2n) is 4.50.